The summed E-state index contributed by atoms with van der Waals surface area (Å²) in [6, 6.07) is 6.86. The Labute approximate surface area is 148 Å². The minimum Gasteiger partial charge on any atom is -0.333 e. The minimum absolute atomic E-state index is 0. The third-order valence-electron chi connectivity index (χ3n) is 4.07. The fourth-order valence-electron chi connectivity index (χ4n) is 2.83. The van der Waals surface area contributed by atoms with Crippen LogP contribution in [0.1, 0.15) is 13.3 Å². The molecule has 5 nitrogen and oxygen atoms in total. The number of benzene rings is 1. The molecule has 1 fully saturated rings. The van der Waals surface area contributed by atoms with Crippen LogP contribution in [-0.4, -0.2) is 49.9 Å². The van der Waals surface area contributed by atoms with Gasteiger partial charge >= 0.3 is 0 Å². The molecule has 7 heteroatoms. The minimum atomic E-state index is -0.414. The van der Waals surface area contributed by atoms with Crippen LogP contribution in [0.3, 0.4) is 0 Å². The Morgan fingerprint density at radius 3 is 2.74 bits per heavy atom. The van der Waals surface area contributed by atoms with Gasteiger partial charge in [-0.3, -0.25) is 9.59 Å². The molecule has 0 aliphatic carbocycles. The summed E-state index contributed by atoms with van der Waals surface area (Å²) in [5, 5.41) is 3.54. The van der Waals surface area contributed by atoms with Gasteiger partial charge in [0, 0.05) is 26.1 Å². The number of hydrogen-bond donors (Lipinski definition) is 1. The number of nitrogens with one attached hydrogen (secondary N) is 1. The van der Waals surface area contributed by atoms with Crippen molar-refractivity contribution in [1.29, 1.82) is 0 Å². The average molecular weight is 360 g/mol. The average Bonchev–Trinajstić information content (AvgIpc) is 2.88. The van der Waals surface area contributed by atoms with Crippen molar-refractivity contribution < 1.29 is 9.59 Å². The van der Waals surface area contributed by atoms with Gasteiger partial charge in [-0.25, -0.2) is 0 Å². The van der Waals surface area contributed by atoms with Gasteiger partial charge < -0.3 is 15.1 Å². The molecule has 1 aliphatic heterocycles. The molecule has 0 aromatic heterocycles. The highest BCUT2D eigenvalue weighted by Crippen LogP contribution is 2.30. The number of amides is 2. The van der Waals surface area contributed by atoms with E-state index >= 15 is 0 Å². The smallest absolute Gasteiger partial charge is 0.249 e. The summed E-state index contributed by atoms with van der Waals surface area (Å²) in [4.78, 5) is 28.2. The molecule has 1 heterocycles. The van der Waals surface area contributed by atoms with Crippen LogP contribution in [0.15, 0.2) is 24.3 Å². The van der Waals surface area contributed by atoms with E-state index < -0.39 is 6.04 Å². The van der Waals surface area contributed by atoms with E-state index in [-0.39, 0.29) is 30.1 Å². The molecule has 23 heavy (non-hydrogen) atoms. The Bertz CT molecular complexity index is 568. The number of carbonyl (C=O) groups excluding carboxylic acids is 2. The Kier molecular flexibility index (Phi) is 7.32. The molecule has 2 amide bonds. The number of halogens is 2. The van der Waals surface area contributed by atoms with Crippen molar-refractivity contribution in [2.24, 2.45) is 5.92 Å². The summed E-state index contributed by atoms with van der Waals surface area (Å²) in [7, 11) is 3.51. The number of anilines is 1. The van der Waals surface area contributed by atoms with Crippen LogP contribution in [0.5, 0.6) is 0 Å². The van der Waals surface area contributed by atoms with Crippen molar-refractivity contribution in [3.8, 4) is 0 Å². The van der Waals surface area contributed by atoms with Crippen LogP contribution < -0.4 is 10.2 Å². The van der Waals surface area contributed by atoms with E-state index in [0.717, 1.165) is 0 Å². The lowest BCUT2D eigenvalue weighted by atomic mass is 10.1. The monoisotopic (exact) mass is 359 g/mol. The number of nitrogens with zero attached hydrogens (tertiary/aromatic N) is 2. The van der Waals surface area contributed by atoms with Gasteiger partial charge in [-0.05, 0) is 25.6 Å². The van der Waals surface area contributed by atoms with Crippen molar-refractivity contribution in [3.63, 3.8) is 0 Å². The number of para-hydroxylation sites is 1. The van der Waals surface area contributed by atoms with Crippen LogP contribution in [-0.2, 0) is 9.59 Å². The zero-order valence-electron chi connectivity index (χ0n) is 13.6. The second-order valence-electron chi connectivity index (χ2n) is 5.65. The van der Waals surface area contributed by atoms with Crippen LogP contribution >= 0.6 is 24.0 Å². The molecule has 1 aliphatic rings. The number of carbonyl (C=O) groups is 2. The summed E-state index contributed by atoms with van der Waals surface area (Å²) in [5.41, 5.74) is 0.709. The first-order valence-corrected chi connectivity index (χ1v) is 7.82. The molecular formula is C16H23Cl2N3O2. The van der Waals surface area contributed by atoms with Crippen LogP contribution in [0, 0.1) is 5.92 Å². The number of likely N-dealkylation sites (N-methyl/N-ethyl adjacent to an activating group) is 1. The normalized spacial score (nSPS) is 18.5. The summed E-state index contributed by atoms with van der Waals surface area (Å²) < 4.78 is 0. The molecule has 0 bridgehead atoms. The SMILES string of the molecule is CNCC(C)C(=O)N(C)C1CCN(c2ccccc2Cl)C1=O.Cl. The van der Waals surface area contributed by atoms with Gasteiger partial charge in [0.1, 0.15) is 6.04 Å². The maximum atomic E-state index is 12.6. The first kappa shape index (κ1) is 19.7. The number of hydrogen-bond acceptors (Lipinski definition) is 3. The predicted molar refractivity (Wildman–Crippen MR) is 95.3 cm³/mol. The van der Waals surface area contributed by atoms with Crippen LogP contribution in [0.4, 0.5) is 5.69 Å². The van der Waals surface area contributed by atoms with Gasteiger partial charge in [-0.1, -0.05) is 30.7 Å². The Balaban J connectivity index is 0.00000264. The van der Waals surface area contributed by atoms with Crippen LogP contribution in [0.25, 0.3) is 0 Å². The second-order valence-corrected chi connectivity index (χ2v) is 6.06. The van der Waals surface area contributed by atoms with Gasteiger partial charge in [0.15, 0.2) is 0 Å². The van der Waals surface area contributed by atoms with E-state index in [9.17, 15) is 9.59 Å². The van der Waals surface area contributed by atoms with E-state index in [2.05, 4.69) is 5.32 Å². The van der Waals surface area contributed by atoms with E-state index in [1.165, 1.54) is 0 Å². The summed E-state index contributed by atoms with van der Waals surface area (Å²) in [5.74, 6) is -0.244. The molecule has 2 unspecified atom stereocenters. The van der Waals surface area contributed by atoms with E-state index in [1.54, 1.807) is 22.9 Å². The number of rotatable bonds is 5. The first-order chi connectivity index (χ1) is 10.5. The lowest BCUT2D eigenvalue weighted by Crippen LogP contribution is -2.46. The zero-order valence-corrected chi connectivity index (χ0v) is 15.2. The highest BCUT2D eigenvalue weighted by Gasteiger charge is 2.38. The van der Waals surface area contributed by atoms with Crippen molar-refractivity contribution in [1.82, 2.24) is 10.2 Å². The second kappa shape index (κ2) is 8.52. The lowest BCUT2D eigenvalue weighted by molar-refractivity contribution is -0.139. The predicted octanol–water partition coefficient (Wildman–Crippen LogP) is 2.18. The third-order valence-corrected chi connectivity index (χ3v) is 4.39. The summed E-state index contributed by atoms with van der Waals surface area (Å²) >= 11 is 6.17. The molecule has 0 radical (unpaired) electrons. The van der Waals surface area contributed by atoms with E-state index in [0.29, 0.717) is 30.2 Å². The third kappa shape index (κ3) is 4.16. The van der Waals surface area contributed by atoms with Gasteiger partial charge in [0.25, 0.3) is 0 Å². The fraction of sp³-hybridized carbons (Fsp3) is 0.500. The quantitative estimate of drug-likeness (QED) is 0.876. The van der Waals surface area contributed by atoms with Crippen molar-refractivity contribution in [2.45, 2.75) is 19.4 Å². The molecule has 1 saturated heterocycles. The zero-order chi connectivity index (χ0) is 16.3. The maximum absolute atomic E-state index is 12.6. The standard InChI is InChI=1S/C16H22ClN3O2.ClH/c1-11(10-18-2)15(21)19(3)14-8-9-20(16(14)22)13-7-5-4-6-12(13)17;/h4-7,11,14,18H,8-10H2,1-3H3;1H. The fourth-order valence-corrected chi connectivity index (χ4v) is 3.07. The Morgan fingerprint density at radius 1 is 1.48 bits per heavy atom. The van der Waals surface area contributed by atoms with E-state index in [1.807, 2.05) is 32.2 Å². The van der Waals surface area contributed by atoms with Gasteiger partial charge in [0.2, 0.25) is 11.8 Å². The largest absolute Gasteiger partial charge is 0.333 e. The van der Waals surface area contributed by atoms with Crippen molar-refractivity contribution in [2.75, 3.05) is 32.1 Å². The van der Waals surface area contributed by atoms with Gasteiger partial charge in [-0.2, -0.15) is 0 Å². The van der Waals surface area contributed by atoms with Crippen molar-refractivity contribution in [3.05, 3.63) is 29.3 Å². The molecule has 2 rings (SSSR count). The maximum Gasteiger partial charge on any atom is 0.249 e. The molecule has 1 N–H and O–H groups in total. The summed E-state index contributed by atoms with van der Waals surface area (Å²) in [6.07, 6.45) is 0.624. The summed E-state index contributed by atoms with van der Waals surface area (Å²) in [6.45, 7) is 3.03. The van der Waals surface area contributed by atoms with Gasteiger partial charge in [0.05, 0.1) is 10.7 Å². The van der Waals surface area contributed by atoms with Crippen molar-refractivity contribution >= 4 is 41.5 Å². The Hall–Kier alpha value is -1.30. The highest BCUT2D eigenvalue weighted by molar-refractivity contribution is 6.34. The first-order valence-electron chi connectivity index (χ1n) is 7.44. The molecule has 2 atom stereocenters. The molecular weight excluding hydrogens is 337 g/mol. The lowest BCUT2D eigenvalue weighted by Gasteiger charge is -2.26. The van der Waals surface area contributed by atoms with E-state index in [4.69, 9.17) is 11.6 Å². The molecule has 0 saturated carbocycles. The highest BCUT2D eigenvalue weighted by atomic mass is 35.5. The Morgan fingerprint density at radius 2 is 2.13 bits per heavy atom. The molecule has 1 aromatic carbocycles. The van der Waals surface area contributed by atoms with Gasteiger partial charge in [-0.15, -0.1) is 12.4 Å². The topological polar surface area (TPSA) is 52.7 Å². The molecule has 0 spiro atoms. The van der Waals surface area contributed by atoms with Crippen LogP contribution in [0.2, 0.25) is 5.02 Å². The molecule has 128 valence electrons. The molecule has 1 aromatic rings.